The molecule has 100 valence electrons. The van der Waals surface area contributed by atoms with Crippen molar-refractivity contribution in [3.8, 4) is 0 Å². The largest absolute Gasteiger partial charge is 0.417 e. The molecule has 0 unspecified atom stereocenters. The third-order valence-electron chi connectivity index (χ3n) is 2.58. The zero-order valence-electron chi connectivity index (χ0n) is 10.3. The minimum Gasteiger partial charge on any atom is -0.350 e. The molecule has 0 fully saturated rings. The number of hydrogen-bond acceptors (Lipinski definition) is 1. The normalized spacial score (nSPS) is 13.2. The number of carbonyl (C=O) groups is 1. The summed E-state index contributed by atoms with van der Waals surface area (Å²) in [5, 5.41) is 2.57. The van der Waals surface area contributed by atoms with Crippen molar-refractivity contribution in [3.63, 3.8) is 0 Å². The molecule has 1 N–H and O–H groups in total. The molecular weight excluding hydrogens is 243 g/mol. The number of benzene rings is 1. The van der Waals surface area contributed by atoms with Gasteiger partial charge in [0.05, 0.1) is 11.1 Å². The third kappa shape index (κ3) is 3.75. The number of hydrogen-bond donors (Lipinski definition) is 1. The molecule has 0 aliphatic carbocycles. The van der Waals surface area contributed by atoms with Gasteiger partial charge >= 0.3 is 6.18 Å². The summed E-state index contributed by atoms with van der Waals surface area (Å²) >= 11 is 0. The van der Waals surface area contributed by atoms with Crippen molar-refractivity contribution in [3.05, 3.63) is 35.4 Å². The Bertz CT molecular complexity index is 415. The SMILES string of the molecule is CCC[C@H](C)NC(=O)c1ccccc1C(F)(F)F. The number of alkyl halides is 3. The smallest absolute Gasteiger partial charge is 0.350 e. The maximum absolute atomic E-state index is 12.7. The minimum absolute atomic E-state index is 0.135. The molecule has 0 aliphatic heterocycles. The molecule has 0 saturated heterocycles. The Balaban J connectivity index is 2.93. The number of rotatable bonds is 4. The van der Waals surface area contributed by atoms with Gasteiger partial charge in [0.15, 0.2) is 0 Å². The van der Waals surface area contributed by atoms with E-state index in [-0.39, 0.29) is 11.6 Å². The molecule has 1 amide bonds. The Morgan fingerprint density at radius 3 is 2.50 bits per heavy atom. The lowest BCUT2D eigenvalue weighted by Gasteiger charge is -2.16. The first-order valence-corrected chi connectivity index (χ1v) is 5.83. The average molecular weight is 259 g/mol. The van der Waals surface area contributed by atoms with Crippen LogP contribution in [-0.2, 0) is 6.18 Å². The molecule has 0 saturated carbocycles. The predicted molar refractivity (Wildman–Crippen MR) is 63.3 cm³/mol. The molecule has 18 heavy (non-hydrogen) atoms. The highest BCUT2D eigenvalue weighted by molar-refractivity contribution is 5.96. The number of amides is 1. The van der Waals surface area contributed by atoms with Gasteiger partial charge in [0, 0.05) is 6.04 Å². The van der Waals surface area contributed by atoms with Gasteiger partial charge in [-0.15, -0.1) is 0 Å². The number of halogens is 3. The van der Waals surface area contributed by atoms with Crippen molar-refractivity contribution in [2.24, 2.45) is 0 Å². The van der Waals surface area contributed by atoms with E-state index < -0.39 is 17.6 Å². The lowest BCUT2D eigenvalue weighted by atomic mass is 10.1. The Hall–Kier alpha value is -1.52. The van der Waals surface area contributed by atoms with Gasteiger partial charge in [-0.1, -0.05) is 25.5 Å². The summed E-state index contributed by atoms with van der Waals surface area (Å²) in [7, 11) is 0. The molecule has 1 atom stereocenters. The van der Waals surface area contributed by atoms with E-state index in [1.54, 1.807) is 6.92 Å². The highest BCUT2D eigenvalue weighted by Gasteiger charge is 2.34. The van der Waals surface area contributed by atoms with Crippen molar-refractivity contribution < 1.29 is 18.0 Å². The van der Waals surface area contributed by atoms with Gasteiger partial charge in [0.25, 0.3) is 5.91 Å². The summed E-state index contributed by atoms with van der Waals surface area (Å²) in [6, 6.07) is 4.67. The highest BCUT2D eigenvalue weighted by atomic mass is 19.4. The zero-order chi connectivity index (χ0) is 13.8. The van der Waals surface area contributed by atoms with Gasteiger partial charge in [-0.25, -0.2) is 0 Å². The third-order valence-corrected chi connectivity index (χ3v) is 2.58. The van der Waals surface area contributed by atoms with Crippen molar-refractivity contribution in [1.29, 1.82) is 0 Å². The molecule has 0 aliphatic rings. The van der Waals surface area contributed by atoms with E-state index in [4.69, 9.17) is 0 Å². The molecule has 0 radical (unpaired) electrons. The van der Waals surface area contributed by atoms with Gasteiger partial charge in [-0.2, -0.15) is 13.2 Å². The van der Waals surface area contributed by atoms with E-state index >= 15 is 0 Å². The van der Waals surface area contributed by atoms with Crippen LogP contribution in [0.25, 0.3) is 0 Å². The van der Waals surface area contributed by atoms with Crippen LogP contribution in [-0.4, -0.2) is 11.9 Å². The van der Waals surface area contributed by atoms with Crippen molar-refractivity contribution >= 4 is 5.91 Å². The molecule has 5 heteroatoms. The van der Waals surface area contributed by atoms with Crippen LogP contribution in [0.2, 0.25) is 0 Å². The van der Waals surface area contributed by atoms with Gasteiger partial charge < -0.3 is 5.32 Å². The van der Waals surface area contributed by atoms with Crippen LogP contribution < -0.4 is 5.32 Å². The fourth-order valence-corrected chi connectivity index (χ4v) is 1.74. The molecule has 1 aromatic carbocycles. The monoisotopic (exact) mass is 259 g/mol. The summed E-state index contributed by atoms with van der Waals surface area (Å²) in [5.74, 6) is -0.677. The topological polar surface area (TPSA) is 29.1 Å². The summed E-state index contributed by atoms with van der Waals surface area (Å²) < 4.78 is 38.1. The Morgan fingerprint density at radius 1 is 1.33 bits per heavy atom. The molecule has 0 heterocycles. The van der Waals surface area contributed by atoms with Gasteiger partial charge in [0.2, 0.25) is 0 Å². The van der Waals surface area contributed by atoms with Crippen LogP contribution in [0.4, 0.5) is 13.2 Å². The number of carbonyl (C=O) groups excluding carboxylic acids is 1. The van der Waals surface area contributed by atoms with Crippen molar-refractivity contribution in [2.45, 2.75) is 38.9 Å². The van der Waals surface area contributed by atoms with Crippen LogP contribution in [0.1, 0.15) is 42.6 Å². The Morgan fingerprint density at radius 2 is 1.94 bits per heavy atom. The summed E-state index contributed by atoms with van der Waals surface area (Å²) in [6.07, 6.45) is -2.91. The van der Waals surface area contributed by atoms with E-state index in [9.17, 15) is 18.0 Å². The highest BCUT2D eigenvalue weighted by Crippen LogP contribution is 2.31. The molecule has 2 nitrogen and oxygen atoms in total. The minimum atomic E-state index is -4.51. The summed E-state index contributed by atoms with van der Waals surface area (Å²) in [5.41, 5.74) is -1.22. The van der Waals surface area contributed by atoms with Crippen molar-refractivity contribution in [1.82, 2.24) is 5.32 Å². The Labute approximate surface area is 104 Å². The number of nitrogens with one attached hydrogen (secondary N) is 1. The maximum Gasteiger partial charge on any atom is 0.417 e. The second-order valence-corrected chi connectivity index (χ2v) is 4.21. The van der Waals surface area contributed by atoms with Crippen LogP contribution in [0.3, 0.4) is 0 Å². The standard InChI is InChI=1S/C13H16F3NO/c1-3-6-9(2)17-12(18)10-7-4-5-8-11(10)13(14,15)16/h4-5,7-9H,3,6H2,1-2H3,(H,17,18)/t9-/m0/s1. The zero-order valence-corrected chi connectivity index (χ0v) is 10.3. The van der Waals surface area contributed by atoms with Gasteiger partial charge in [-0.3, -0.25) is 4.79 Å². The first-order chi connectivity index (χ1) is 8.36. The molecule has 0 aromatic heterocycles. The average Bonchev–Trinajstić information content (AvgIpc) is 2.28. The lowest BCUT2D eigenvalue weighted by molar-refractivity contribution is -0.137. The summed E-state index contributed by atoms with van der Waals surface area (Å²) in [4.78, 5) is 11.8. The Kier molecular flexibility index (Phi) is 4.76. The van der Waals surface area contributed by atoms with Gasteiger partial charge in [0.1, 0.15) is 0 Å². The van der Waals surface area contributed by atoms with Crippen molar-refractivity contribution in [2.75, 3.05) is 0 Å². The summed E-state index contributed by atoms with van der Waals surface area (Å²) in [6.45, 7) is 3.73. The molecule has 1 rings (SSSR count). The van der Waals surface area contributed by atoms with E-state index in [1.165, 1.54) is 18.2 Å². The van der Waals surface area contributed by atoms with E-state index in [2.05, 4.69) is 5.32 Å². The van der Waals surface area contributed by atoms with Crippen LogP contribution >= 0.6 is 0 Å². The van der Waals surface area contributed by atoms with Gasteiger partial charge in [-0.05, 0) is 25.5 Å². The first-order valence-electron chi connectivity index (χ1n) is 5.83. The molecule has 0 spiro atoms. The molecular formula is C13H16F3NO. The van der Waals surface area contributed by atoms with E-state index in [0.717, 1.165) is 18.9 Å². The molecule has 1 aromatic rings. The fourth-order valence-electron chi connectivity index (χ4n) is 1.74. The molecule has 0 bridgehead atoms. The first kappa shape index (κ1) is 14.5. The van der Waals surface area contributed by atoms with Crippen LogP contribution in [0.15, 0.2) is 24.3 Å². The van der Waals surface area contributed by atoms with E-state index in [0.29, 0.717) is 0 Å². The quantitative estimate of drug-likeness (QED) is 0.879. The predicted octanol–water partition coefficient (Wildman–Crippen LogP) is 3.62. The second-order valence-electron chi connectivity index (χ2n) is 4.21. The second kappa shape index (κ2) is 5.89. The maximum atomic E-state index is 12.7. The lowest BCUT2D eigenvalue weighted by Crippen LogP contribution is -2.33. The van der Waals surface area contributed by atoms with E-state index in [1.807, 2.05) is 6.92 Å². The van der Waals surface area contributed by atoms with Crippen LogP contribution in [0, 0.1) is 0 Å². The fraction of sp³-hybridized carbons (Fsp3) is 0.462. The van der Waals surface area contributed by atoms with Crippen LogP contribution in [0.5, 0.6) is 0 Å².